The Balaban J connectivity index is 0.00000306. The molecule has 1 N–H and O–H groups in total. The summed E-state index contributed by atoms with van der Waals surface area (Å²) >= 11 is 0. The number of rotatable bonds is 7. The van der Waals surface area contributed by atoms with Crippen LogP contribution in [0.15, 0.2) is 67.1 Å². The van der Waals surface area contributed by atoms with Crippen molar-refractivity contribution in [2.24, 2.45) is 5.92 Å². The molecule has 3 aromatic rings. The average molecular weight is 464 g/mol. The van der Waals surface area contributed by atoms with Crippen LogP contribution in [0.2, 0.25) is 0 Å². The Bertz CT molecular complexity index is 1120. The van der Waals surface area contributed by atoms with E-state index >= 15 is 0 Å². The van der Waals surface area contributed by atoms with Crippen LogP contribution in [0.25, 0.3) is 0 Å². The number of carbonyl (C=O) groups is 2. The van der Waals surface area contributed by atoms with Crippen LogP contribution in [-0.2, 0) is 22.6 Å². The number of amides is 2. The summed E-state index contributed by atoms with van der Waals surface area (Å²) in [5, 5.41) is 11.9. The van der Waals surface area contributed by atoms with Crippen molar-refractivity contribution >= 4 is 29.9 Å². The van der Waals surface area contributed by atoms with Crippen LogP contribution in [0, 0.1) is 17.2 Å². The fourth-order valence-electron chi connectivity index (χ4n) is 4.00. The van der Waals surface area contributed by atoms with Gasteiger partial charge >= 0.3 is 0 Å². The molecule has 7 nitrogen and oxygen atoms in total. The molecule has 1 atom stereocenters. The first-order valence-electron chi connectivity index (χ1n) is 10.8. The highest BCUT2D eigenvalue weighted by molar-refractivity contribution is 6.08. The molecular weight excluding hydrogens is 438 g/mol. The number of hydrogen-bond acceptors (Lipinski definition) is 4. The monoisotopic (exact) mass is 463 g/mol. The summed E-state index contributed by atoms with van der Waals surface area (Å²) < 4.78 is 2.02. The molecule has 1 aliphatic heterocycles. The number of benzene rings is 2. The van der Waals surface area contributed by atoms with Crippen LogP contribution in [-0.4, -0.2) is 34.5 Å². The van der Waals surface area contributed by atoms with E-state index in [1.165, 1.54) is 0 Å². The van der Waals surface area contributed by atoms with Gasteiger partial charge in [0.05, 0.1) is 18.0 Å². The predicted octanol–water partition coefficient (Wildman–Crippen LogP) is 3.33. The molecule has 8 heteroatoms. The highest BCUT2D eigenvalue weighted by Gasteiger charge is 2.34. The number of nitrogens with zero attached hydrogens (tertiary/aromatic N) is 4. The van der Waals surface area contributed by atoms with E-state index in [-0.39, 0.29) is 24.2 Å². The standard InChI is InChI=1S/C25H25N5O2.ClH/c26-15-19-8-10-20(11-9-19)17-29-18-27-16-22(29)12-13-28-24(31)23-7-4-14-30(25(23)32)21-5-2-1-3-6-21;/h1-3,5-6,8-11,16,18,23H,4,7,12-14,17H2,(H,28,31);1H. The van der Waals surface area contributed by atoms with Gasteiger partial charge in [-0.3, -0.25) is 9.59 Å². The second kappa shape index (κ2) is 11.3. The molecule has 0 saturated carbocycles. The fourth-order valence-corrected chi connectivity index (χ4v) is 4.00. The second-order valence-electron chi connectivity index (χ2n) is 7.88. The maximum Gasteiger partial charge on any atom is 0.239 e. The quantitative estimate of drug-likeness (QED) is 0.544. The third-order valence-corrected chi connectivity index (χ3v) is 5.74. The van der Waals surface area contributed by atoms with Gasteiger partial charge in [-0.2, -0.15) is 5.26 Å². The number of hydrogen-bond donors (Lipinski definition) is 1. The van der Waals surface area contributed by atoms with E-state index < -0.39 is 5.92 Å². The number of carbonyl (C=O) groups excluding carboxylic acids is 2. The van der Waals surface area contributed by atoms with Gasteiger partial charge in [0.1, 0.15) is 5.92 Å². The van der Waals surface area contributed by atoms with E-state index in [1.54, 1.807) is 29.6 Å². The van der Waals surface area contributed by atoms with Crippen LogP contribution < -0.4 is 10.2 Å². The van der Waals surface area contributed by atoms with Crippen LogP contribution in [0.1, 0.15) is 29.7 Å². The molecule has 1 unspecified atom stereocenters. The number of nitrogens with one attached hydrogen (secondary N) is 1. The Morgan fingerprint density at radius 1 is 1.15 bits per heavy atom. The summed E-state index contributed by atoms with van der Waals surface area (Å²) in [6, 6.07) is 19.1. The molecule has 0 bridgehead atoms. The van der Waals surface area contributed by atoms with Crippen molar-refractivity contribution in [3.8, 4) is 6.07 Å². The van der Waals surface area contributed by atoms with Crippen LogP contribution >= 0.6 is 12.4 Å². The van der Waals surface area contributed by atoms with E-state index in [1.807, 2.05) is 47.0 Å². The molecule has 33 heavy (non-hydrogen) atoms. The summed E-state index contributed by atoms with van der Waals surface area (Å²) in [6.07, 6.45) is 5.54. The van der Waals surface area contributed by atoms with Crippen LogP contribution in [0.4, 0.5) is 5.69 Å². The molecule has 1 fully saturated rings. The normalized spacial score (nSPS) is 15.4. The number of nitriles is 1. The number of aromatic nitrogens is 2. The average Bonchev–Trinajstić information content (AvgIpc) is 3.27. The van der Waals surface area contributed by atoms with Gasteiger partial charge in [0.15, 0.2) is 0 Å². The van der Waals surface area contributed by atoms with Gasteiger partial charge in [-0.05, 0) is 42.7 Å². The summed E-state index contributed by atoms with van der Waals surface area (Å²) in [5.74, 6) is -0.993. The van der Waals surface area contributed by atoms with Gasteiger partial charge in [-0.15, -0.1) is 12.4 Å². The fraction of sp³-hybridized carbons (Fsp3) is 0.280. The lowest BCUT2D eigenvalue weighted by Crippen LogP contribution is -2.48. The van der Waals surface area contributed by atoms with Crippen molar-refractivity contribution in [2.75, 3.05) is 18.0 Å². The molecule has 1 aromatic heterocycles. The van der Waals surface area contributed by atoms with Gasteiger partial charge in [0.25, 0.3) is 0 Å². The summed E-state index contributed by atoms with van der Waals surface area (Å²) in [6.45, 7) is 1.72. The lowest BCUT2D eigenvalue weighted by molar-refractivity contribution is -0.135. The topological polar surface area (TPSA) is 91.0 Å². The molecule has 2 aromatic carbocycles. The van der Waals surface area contributed by atoms with Gasteiger partial charge in [0.2, 0.25) is 11.8 Å². The smallest absolute Gasteiger partial charge is 0.239 e. The molecule has 2 amide bonds. The van der Waals surface area contributed by atoms with E-state index in [4.69, 9.17) is 5.26 Å². The van der Waals surface area contributed by atoms with E-state index in [2.05, 4.69) is 16.4 Å². The van der Waals surface area contributed by atoms with Crippen molar-refractivity contribution in [1.29, 1.82) is 5.26 Å². The number of imidazole rings is 1. The SMILES string of the molecule is Cl.N#Cc1ccc(Cn2cncc2CCNC(=O)C2CCCN(c3ccccc3)C2=O)cc1. The largest absolute Gasteiger partial charge is 0.355 e. The molecule has 0 radical (unpaired) electrons. The maximum atomic E-state index is 12.9. The zero-order valence-corrected chi connectivity index (χ0v) is 19.0. The van der Waals surface area contributed by atoms with Crippen molar-refractivity contribution in [3.63, 3.8) is 0 Å². The highest BCUT2D eigenvalue weighted by Crippen LogP contribution is 2.24. The molecule has 0 spiro atoms. The summed E-state index contributed by atoms with van der Waals surface area (Å²) in [5.41, 5.74) is 3.53. The maximum absolute atomic E-state index is 12.9. The van der Waals surface area contributed by atoms with Gasteiger partial charge in [-0.25, -0.2) is 4.98 Å². The van der Waals surface area contributed by atoms with Crippen LogP contribution in [0.3, 0.4) is 0 Å². The van der Waals surface area contributed by atoms with Crippen molar-refractivity contribution in [3.05, 3.63) is 83.9 Å². The molecular formula is C25H26ClN5O2. The molecule has 0 aliphatic carbocycles. The Labute approximate surface area is 199 Å². The second-order valence-corrected chi connectivity index (χ2v) is 7.88. The summed E-state index contributed by atoms with van der Waals surface area (Å²) in [7, 11) is 0. The lowest BCUT2D eigenvalue weighted by Gasteiger charge is -2.31. The molecule has 1 aliphatic rings. The first kappa shape index (κ1) is 24.0. The number of halogens is 1. The molecule has 1 saturated heterocycles. The van der Waals surface area contributed by atoms with Gasteiger partial charge < -0.3 is 14.8 Å². The van der Waals surface area contributed by atoms with Crippen molar-refractivity contribution < 1.29 is 9.59 Å². The Morgan fingerprint density at radius 3 is 2.64 bits per heavy atom. The minimum absolute atomic E-state index is 0. The van der Waals surface area contributed by atoms with Gasteiger partial charge in [-0.1, -0.05) is 30.3 Å². The van der Waals surface area contributed by atoms with E-state index in [9.17, 15) is 9.59 Å². The number of anilines is 1. The van der Waals surface area contributed by atoms with Crippen molar-refractivity contribution in [2.45, 2.75) is 25.8 Å². The highest BCUT2D eigenvalue weighted by atomic mass is 35.5. The van der Waals surface area contributed by atoms with E-state index in [0.29, 0.717) is 38.0 Å². The third kappa shape index (κ3) is 5.79. The molecule has 4 rings (SSSR count). The third-order valence-electron chi connectivity index (χ3n) is 5.74. The van der Waals surface area contributed by atoms with Crippen LogP contribution in [0.5, 0.6) is 0 Å². The first-order chi connectivity index (χ1) is 15.7. The molecule has 170 valence electrons. The Hall–Kier alpha value is -3.63. The Morgan fingerprint density at radius 2 is 1.91 bits per heavy atom. The molecule has 2 heterocycles. The zero-order chi connectivity index (χ0) is 22.3. The summed E-state index contributed by atoms with van der Waals surface area (Å²) in [4.78, 5) is 31.6. The zero-order valence-electron chi connectivity index (χ0n) is 18.2. The first-order valence-corrected chi connectivity index (χ1v) is 10.8. The van der Waals surface area contributed by atoms with Gasteiger partial charge in [0, 0.05) is 43.6 Å². The van der Waals surface area contributed by atoms with E-state index in [0.717, 1.165) is 23.4 Å². The van der Waals surface area contributed by atoms with Crippen molar-refractivity contribution in [1.82, 2.24) is 14.9 Å². The number of para-hydroxylation sites is 1. The predicted molar refractivity (Wildman–Crippen MR) is 128 cm³/mol. The minimum Gasteiger partial charge on any atom is -0.355 e. The number of piperidine rings is 1. The minimum atomic E-state index is -0.646. The Kier molecular flexibility index (Phi) is 8.22. The lowest BCUT2D eigenvalue weighted by atomic mass is 9.95.